The van der Waals surface area contributed by atoms with Crippen LogP contribution in [0.2, 0.25) is 5.02 Å². The van der Waals surface area contributed by atoms with Crippen molar-refractivity contribution in [3.8, 4) is 11.8 Å². The molecular weight excluding hydrogens is 440 g/mol. The standard InChI is InChI=1S/C22H21ClN2O5S/c1-12-6-16(7-12)30-20-10-18(23)15(11-24)8-19(20)25-31(28,29)21-9-14(22(26)27)4-5-17(21)13-2-3-13/h4-5,8-10,12-13,16,25H,2-3,6-7H2,1H3,(H,26,27). The van der Waals surface area contributed by atoms with E-state index < -0.39 is 16.0 Å². The van der Waals surface area contributed by atoms with Crippen molar-refractivity contribution < 1.29 is 23.1 Å². The zero-order valence-electron chi connectivity index (χ0n) is 16.8. The van der Waals surface area contributed by atoms with Crippen LogP contribution in [0, 0.1) is 17.2 Å². The lowest BCUT2D eigenvalue weighted by Crippen LogP contribution is -2.32. The minimum Gasteiger partial charge on any atom is -0.488 e. The summed E-state index contributed by atoms with van der Waals surface area (Å²) in [4.78, 5) is 11.3. The first-order valence-electron chi connectivity index (χ1n) is 9.98. The average molecular weight is 461 g/mol. The van der Waals surface area contributed by atoms with E-state index in [0.717, 1.165) is 25.7 Å². The van der Waals surface area contributed by atoms with Crippen LogP contribution in [-0.4, -0.2) is 25.6 Å². The van der Waals surface area contributed by atoms with E-state index >= 15 is 0 Å². The first-order chi connectivity index (χ1) is 14.7. The van der Waals surface area contributed by atoms with Gasteiger partial charge in [0, 0.05) is 6.07 Å². The molecule has 4 rings (SSSR count). The Balaban J connectivity index is 1.73. The minimum atomic E-state index is -4.15. The predicted molar refractivity (Wildman–Crippen MR) is 115 cm³/mol. The van der Waals surface area contributed by atoms with Crippen LogP contribution in [0.4, 0.5) is 5.69 Å². The van der Waals surface area contributed by atoms with Crippen LogP contribution in [-0.2, 0) is 10.0 Å². The van der Waals surface area contributed by atoms with Gasteiger partial charge in [0.1, 0.15) is 11.8 Å². The summed E-state index contributed by atoms with van der Waals surface area (Å²) in [5.41, 5.74) is 0.680. The van der Waals surface area contributed by atoms with Gasteiger partial charge in [-0.1, -0.05) is 24.6 Å². The molecule has 0 unspecified atom stereocenters. The number of hydrogen-bond acceptors (Lipinski definition) is 5. The second kappa shape index (κ2) is 8.06. The first-order valence-corrected chi connectivity index (χ1v) is 11.8. The number of nitriles is 1. The number of nitrogens with one attached hydrogen (secondary N) is 1. The molecule has 2 N–H and O–H groups in total. The Labute approximate surface area is 185 Å². The van der Waals surface area contributed by atoms with Gasteiger partial charge in [-0.25, -0.2) is 13.2 Å². The predicted octanol–water partition coefficient (Wildman–Crippen LogP) is 4.77. The van der Waals surface area contributed by atoms with E-state index in [-0.39, 0.29) is 44.5 Å². The number of anilines is 1. The number of nitrogens with zero attached hydrogens (tertiary/aromatic N) is 1. The summed E-state index contributed by atoms with van der Waals surface area (Å²) in [5.74, 6) is -0.354. The molecule has 2 aliphatic carbocycles. The summed E-state index contributed by atoms with van der Waals surface area (Å²) in [5, 5.41) is 18.8. The van der Waals surface area contributed by atoms with E-state index in [4.69, 9.17) is 16.3 Å². The zero-order chi connectivity index (χ0) is 22.3. The maximum Gasteiger partial charge on any atom is 0.335 e. The number of benzene rings is 2. The first kappa shape index (κ1) is 21.5. The van der Waals surface area contributed by atoms with Gasteiger partial charge >= 0.3 is 5.97 Å². The quantitative estimate of drug-likeness (QED) is 0.614. The number of sulfonamides is 1. The van der Waals surface area contributed by atoms with Gasteiger partial charge in [0.15, 0.2) is 0 Å². The fourth-order valence-electron chi connectivity index (χ4n) is 3.75. The topological polar surface area (TPSA) is 116 Å². The lowest BCUT2D eigenvalue weighted by Gasteiger charge is -2.33. The van der Waals surface area contributed by atoms with Crippen LogP contribution in [0.1, 0.15) is 60.0 Å². The molecule has 0 amide bonds. The van der Waals surface area contributed by atoms with E-state index in [1.807, 2.05) is 6.07 Å². The van der Waals surface area contributed by atoms with Crippen molar-refractivity contribution in [1.29, 1.82) is 5.26 Å². The van der Waals surface area contributed by atoms with Crippen molar-refractivity contribution in [2.24, 2.45) is 5.92 Å². The lowest BCUT2D eigenvalue weighted by atomic mass is 9.84. The number of halogens is 1. The maximum absolute atomic E-state index is 13.3. The molecule has 7 nitrogen and oxygen atoms in total. The number of carboxylic acids is 1. The third-order valence-electron chi connectivity index (χ3n) is 5.63. The van der Waals surface area contributed by atoms with Gasteiger partial charge in [0.05, 0.1) is 32.8 Å². The van der Waals surface area contributed by atoms with Crippen LogP contribution in [0.15, 0.2) is 35.2 Å². The number of rotatable bonds is 7. The Morgan fingerprint density at radius 3 is 2.55 bits per heavy atom. The van der Waals surface area contributed by atoms with Gasteiger partial charge in [-0.2, -0.15) is 5.26 Å². The van der Waals surface area contributed by atoms with E-state index in [1.54, 1.807) is 6.07 Å². The minimum absolute atomic E-state index is 0.0559. The number of aromatic carboxylic acids is 1. The van der Waals surface area contributed by atoms with Crippen LogP contribution in [0.5, 0.6) is 5.75 Å². The van der Waals surface area contributed by atoms with Crippen LogP contribution in [0.3, 0.4) is 0 Å². The number of carbonyl (C=O) groups is 1. The van der Waals surface area contributed by atoms with Crippen molar-refractivity contribution in [3.05, 3.63) is 52.0 Å². The monoisotopic (exact) mass is 460 g/mol. The van der Waals surface area contributed by atoms with Crippen LogP contribution < -0.4 is 9.46 Å². The van der Waals surface area contributed by atoms with Gasteiger partial charge in [-0.05, 0) is 61.3 Å². The average Bonchev–Trinajstić information content (AvgIpc) is 3.53. The van der Waals surface area contributed by atoms with Crippen molar-refractivity contribution in [1.82, 2.24) is 0 Å². The molecule has 0 spiro atoms. The highest BCUT2D eigenvalue weighted by molar-refractivity contribution is 7.92. The second-order valence-electron chi connectivity index (χ2n) is 8.19. The Morgan fingerprint density at radius 1 is 1.26 bits per heavy atom. The van der Waals surface area contributed by atoms with Crippen molar-refractivity contribution in [3.63, 3.8) is 0 Å². The Morgan fingerprint density at radius 2 is 1.97 bits per heavy atom. The highest BCUT2D eigenvalue weighted by Crippen LogP contribution is 2.44. The van der Waals surface area contributed by atoms with Crippen LogP contribution in [0.25, 0.3) is 0 Å². The zero-order valence-corrected chi connectivity index (χ0v) is 18.3. The molecule has 0 heterocycles. The number of carboxylic acid groups (broad SMARTS) is 1. The maximum atomic E-state index is 13.3. The third kappa shape index (κ3) is 4.48. The number of ether oxygens (including phenoxy) is 1. The summed E-state index contributed by atoms with van der Waals surface area (Å²) < 4.78 is 35.1. The summed E-state index contributed by atoms with van der Waals surface area (Å²) in [6.45, 7) is 2.10. The summed E-state index contributed by atoms with van der Waals surface area (Å²) in [7, 11) is -4.15. The molecule has 0 saturated heterocycles. The molecule has 2 aromatic carbocycles. The number of hydrogen-bond donors (Lipinski definition) is 2. The van der Waals surface area contributed by atoms with Crippen molar-refractivity contribution in [2.45, 2.75) is 49.5 Å². The molecule has 2 aliphatic rings. The lowest BCUT2D eigenvalue weighted by molar-refractivity contribution is 0.0696. The molecule has 0 aliphatic heterocycles. The van der Waals surface area contributed by atoms with Gasteiger partial charge in [0.25, 0.3) is 10.0 Å². The highest BCUT2D eigenvalue weighted by Gasteiger charge is 2.33. The van der Waals surface area contributed by atoms with E-state index in [0.29, 0.717) is 11.5 Å². The molecule has 0 radical (unpaired) electrons. The third-order valence-corrected chi connectivity index (χ3v) is 7.36. The summed E-state index contributed by atoms with van der Waals surface area (Å²) in [6, 6.07) is 8.87. The van der Waals surface area contributed by atoms with Gasteiger partial charge < -0.3 is 9.84 Å². The van der Waals surface area contributed by atoms with E-state index in [9.17, 15) is 23.6 Å². The molecule has 9 heteroatoms. The van der Waals surface area contributed by atoms with Crippen LogP contribution >= 0.6 is 11.6 Å². The Kier molecular flexibility index (Phi) is 5.58. The molecule has 2 aromatic rings. The normalized spacial score (nSPS) is 20.4. The molecule has 162 valence electrons. The molecule has 2 saturated carbocycles. The molecule has 31 heavy (non-hydrogen) atoms. The smallest absolute Gasteiger partial charge is 0.335 e. The molecule has 0 bridgehead atoms. The summed E-state index contributed by atoms with van der Waals surface area (Å²) >= 11 is 6.15. The SMILES string of the molecule is CC1CC(Oc2cc(Cl)c(C#N)cc2NS(=O)(=O)c2cc(C(=O)O)ccc2C2CC2)C1. The van der Waals surface area contributed by atoms with E-state index in [1.165, 1.54) is 24.3 Å². The fourth-order valence-corrected chi connectivity index (χ4v) is 5.34. The molecular formula is C22H21ClN2O5S. The highest BCUT2D eigenvalue weighted by atomic mass is 35.5. The van der Waals surface area contributed by atoms with Gasteiger partial charge in [0.2, 0.25) is 0 Å². The Bertz CT molecular complexity index is 1200. The van der Waals surface area contributed by atoms with Gasteiger partial charge in [-0.15, -0.1) is 0 Å². The summed E-state index contributed by atoms with van der Waals surface area (Å²) in [6.07, 6.45) is 3.33. The molecule has 0 aromatic heterocycles. The van der Waals surface area contributed by atoms with E-state index in [2.05, 4.69) is 11.6 Å². The second-order valence-corrected chi connectivity index (χ2v) is 10.3. The van der Waals surface area contributed by atoms with Gasteiger partial charge in [-0.3, -0.25) is 4.72 Å². The molecule has 0 atom stereocenters. The van der Waals surface area contributed by atoms with Crippen molar-refractivity contribution in [2.75, 3.05) is 4.72 Å². The largest absolute Gasteiger partial charge is 0.488 e. The Hall–Kier alpha value is -2.76. The molecule has 2 fully saturated rings. The fraction of sp³-hybridized carbons (Fsp3) is 0.364. The van der Waals surface area contributed by atoms with Crippen molar-refractivity contribution >= 4 is 33.3 Å².